The maximum atomic E-state index is 5.87. The molecule has 1 heterocycles. The van der Waals surface area contributed by atoms with E-state index < -0.39 is 0 Å². The zero-order valence-corrected chi connectivity index (χ0v) is 9.42. The second kappa shape index (κ2) is 6.42. The number of methoxy groups -OCH3 is 1. The number of ether oxygens (including phenoxy) is 1. The first-order chi connectivity index (χ1) is 7.24. The normalized spacial score (nSPS) is 10.3. The first-order valence-electron chi connectivity index (χ1n) is 4.75. The van der Waals surface area contributed by atoms with Crippen LogP contribution in [0.25, 0.3) is 0 Å². The lowest BCUT2D eigenvalue weighted by atomic mass is 10.3. The summed E-state index contributed by atoms with van der Waals surface area (Å²) in [5.74, 6) is 0.806. The van der Waals surface area contributed by atoms with Crippen molar-refractivity contribution >= 4 is 23.4 Å². The summed E-state index contributed by atoms with van der Waals surface area (Å²) in [6.45, 7) is 1.56. The van der Waals surface area contributed by atoms with E-state index in [-0.39, 0.29) is 5.95 Å². The Labute approximate surface area is 94.0 Å². The molecular formula is C9H15ClN4O. The zero-order chi connectivity index (χ0) is 11.1. The molecule has 1 rings (SSSR count). The summed E-state index contributed by atoms with van der Waals surface area (Å²) in [6, 6.07) is 0. The number of nitrogens with one attached hydrogen (secondary N) is 1. The average molecular weight is 231 g/mol. The van der Waals surface area contributed by atoms with E-state index in [9.17, 15) is 0 Å². The number of nitrogens with two attached hydrogens (primary N) is 1. The predicted octanol–water partition coefficient (Wildman–Crippen LogP) is 1.55. The molecule has 6 heteroatoms. The van der Waals surface area contributed by atoms with Crippen LogP contribution in [0.1, 0.15) is 12.8 Å². The van der Waals surface area contributed by atoms with E-state index in [2.05, 4.69) is 15.3 Å². The Bertz CT molecular complexity index is 308. The van der Waals surface area contributed by atoms with Crippen LogP contribution in [-0.2, 0) is 4.74 Å². The van der Waals surface area contributed by atoms with Gasteiger partial charge in [0.2, 0.25) is 5.95 Å². The van der Waals surface area contributed by atoms with Crippen LogP contribution in [0.3, 0.4) is 0 Å². The van der Waals surface area contributed by atoms with E-state index in [0.29, 0.717) is 10.8 Å². The SMILES string of the molecule is COCCCCNc1nc(N)ncc1Cl. The molecule has 0 spiro atoms. The molecule has 5 nitrogen and oxygen atoms in total. The molecule has 0 aliphatic heterocycles. The van der Waals surface area contributed by atoms with Crippen molar-refractivity contribution in [1.82, 2.24) is 9.97 Å². The Hall–Kier alpha value is -1.07. The van der Waals surface area contributed by atoms with Crippen molar-refractivity contribution < 1.29 is 4.74 Å². The van der Waals surface area contributed by atoms with E-state index in [1.807, 2.05) is 0 Å². The number of halogens is 1. The zero-order valence-electron chi connectivity index (χ0n) is 8.66. The van der Waals surface area contributed by atoms with Gasteiger partial charge in [-0.2, -0.15) is 4.98 Å². The molecule has 0 radical (unpaired) electrons. The van der Waals surface area contributed by atoms with Gasteiger partial charge in [0.25, 0.3) is 0 Å². The van der Waals surface area contributed by atoms with Crippen LogP contribution in [0, 0.1) is 0 Å². The standard InChI is InChI=1S/C9H15ClN4O/c1-15-5-3-2-4-12-8-7(10)6-13-9(11)14-8/h6H,2-5H2,1H3,(H3,11,12,13,14). The molecule has 0 amide bonds. The highest BCUT2D eigenvalue weighted by molar-refractivity contribution is 6.32. The van der Waals surface area contributed by atoms with Crippen molar-refractivity contribution in [3.8, 4) is 0 Å². The lowest BCUT2D eigenvalue weighted by Crippen LogP contribution is -2.07. The maximum absolute atomic E-state index is 5.87. The predicted molar refractivity (Wildman–Crippen MR) is 61.1 cm³/mol. The molecule has 0 atom stereocenters. The summed E-state index contributed by atoms with van der Waals surface area (Å²) in [4.78, 5) is 7.75. The highest BCUT2D eigenvalue weighted by Crippen LogP contribution is 2.17. The van der Waals surface area contributed by atoms with Crippen LogP contribution in [0.15, 0.2) is 6.20 Å². The monoisotopic (exact) mass is 230 g/mol. The fraction of sp³-hybridized carbons (Fsp3) is 0.556. The first kappa shape index (κ1) is 12.0. The molecule has 0 aliphatic carbocycles. The number of hydrogen-bond acceptors (Lipinski definition) is 5. The van der Waals surface area contributed by atoms with Gasteiger partial charge in [-0.3, -0.25) is 0 Å². The molecule has 15 heavy (non-hydrogen) atoms. The van der Waals surface area contributed by atoms with Crippen molar-refractivity contribution in [1.29, 1.82) is 0 Å². The smallest absolute Gasteiger partial charge is 0.222 e. The Kier molecular flexibility index (Phi) is 5.14. The van der Waals surface area contributed by atoms with Crippen molar-refractivity contribution in [2.45, 2.75) is 12.8 Å². The molecule has 1 aromatic heterocycles. The van der Waals surface area contributed by atoms with Gasteiger partial charge in [-0.25, -0.2) is 4.98 Å². The molecule has 0 fully saturated rings. The van der Waals surface area contributed by atoms with Gasteiger partial charge < -0.3 is 15.8 Å². The van der Waals surface area contributed by atoms with E-state index in [1.54, 1.807) is 7.11 Å². The summed E-state index contributed by atoms with van der Waals surface area (Å²) < 4.78 is 4.94. The first-order valence-corrected chi connectivity index (χ1v) is 5.12. The third-order valence-corrected chi connectivity index (χ3v) is 2.11. The minimum atomic E-state index is 0.221. The van der Waals surface area contributed by atoms with Gasteiger partial charge in [0.05, 0.1) is 6.20 Å². The lowest BCUT2D eigenvalue weighted by molar-refractivity contribution is 0.194. The summed E-state index contributed by atoms with van der Waals surface area (Å²) >= 11 is 5.87. The van der Waals surface area contributed by atoms with Gasteiger partial charge in [-0.1, -0.05) is 11.6 Å². The van der Waals surface area contributed by atoms with Crippen molar-refractivity contribution in [2.24, 2.45) is 0 Å². The largest absolute Gasteiger partial charge is 0.385 e. The number of nitrogens with zero attached hydrogens (tertiary/aromatic N) is 2. The van der Waals surface area contributed by atoms with Gasteiger partial charge in [-0.05, 0) is 12.8 Å². The van der Waals surface area contributed by atoms with E-state index in [1.165, 1.54) is 6.20 Å². The molecule has 0 bridgehead atoms. The van der Waals surface area contributed by atoms with Crippen molar-refractivity contribution in [3.63, 3.8) is 0 Å². The molecule has 0 aliphatic rings. The highest BCUT2D eigenvalue weighted by atomic mass is 35.5. The third kappa shape index (κ3) is 4.31. The average Bonchev–Trinajstić information content (AvgIpc) is 2.23. The number of anilines is 2. The van der Waals surface area contributed by atoms with Crippen LogP contribution < -0.4 is 11.1 Å². The quantitative estimate of drug-likeness (QED) is 0.726. The number of nitrogen functional groups attached to an aromatic ring is 1. The summed E-state index contributed by atoms with van der Waals surface area (Å²) in [5, 5.41) is 3.58. The molecule has 0 saturated carbocycles. The van der Waals surface area contributed by atoms with E-state index in [4.69, 9.17) is 22.1 Å². The molecule has 0 aromatic carbocycles. The second-order valence-electron chi connectivity index (χ2n) is 3.05. The molecule has 0 saturated heterocycles. The molecule has 0 unspecified atom stereocenters. The Morgan fingerprint density at radius 2 is 2.33 bits per heavy atom. The van der Waals surface area contributed by atoms with Crippen LogP contribution >= 0.6 is 11.6 Å². The minimum absolute atomic E-state index is 0.221. The van der Waals surface area contributed by atoms with Crippen LogP contribution in [0.4, 0.5) is 11.8 Å². The fourth-order valence-electron chi connectivity index (χ4n) is 1.08. The van der Waals surface area contributed by atoms with Crippen LogP contribution in [0.5, 0.6) is 0 Å². The number of unbranched alkanes of at least 4 members (excludes halogenated alkanes) is 1. The van der Waals surface area contributed by atoms with Crippen LogP contribution in [0.2, 0.25) is 5.02 Å². The second-order valence-corrected chi connectivity index (χ2v) is 3.46. The minimum Gasteiger partial charge on any atom is -0.385 e. The fourth-order valence-corrected chi connectivity index (χ4v) is 1.24. The Morgan fingerprint density at radius 3 is 3.07 bits per heavy atom. The Morgan fingerprint density at radius 1 is 1.53 bits per heavy atom. The highest BCUT2D eigenvalue weighted by Gasteiger charge is 2.02. The van der Waals surface area contributed by atoms with Gasteiger partial charge >= 0.3 is 0 Å². The summed E-state index contributed by atoms with van der Waals surface area (Å²) in [5.41, 5.74) is 5.44. The lowest BCUT2D eigenvalue weighted by Gasteiger charge is -2.06. The number of aromatic nitrogens is 2. The van der Waals surface area contributed by atoms with Crippen LogP contribution in [-0.4, -0.2) is 30.2 Å². The van der Waals surface area contributed by atoms with E-state index in [0.717, 1.165) is 26.0 Å². The summed E-state index contributed by atoms with van der Waals surface area (Å²) in [6.07, 6.45) is 3.48. The Balaban J connectivity index is 2.33. The van der Waals surface area contributed by atoms with Crippen molar-refractivity contribution in [2.75, 3.05) is 31.3 Å². The summed E-state index contributed by atoms with van der Waals surface area (Å²) in [7, 11) is 1.69. The third-order valence-electron chi connectivity index (χ3n) is 1.83. The van der Waals surface area contributed by atoms with Gasteiger partial charge in [-0.15, -0.1) is 0 Å². The van der Waals surface area contributed by atoms with Gasteiger partial charge in [0, 0.05) is 20.3 Å². The van der Waals surface area contributed by atoms with Crippen molar-refractivity contribution in [3.05, 3.63) is 11.2 Å². The molecule has 3 N–H and O–H groups in total. The number of hydrogen-bond donors (Lipinski definition) is 2. The van der Waals surface area contributed by atoms with Gasteiger partial charge in [0.1, 0.15) is 10.8 Å². The topological polar surface area (TPSA) is 73.1 Å². The molecule has 1 aromatic rings. The van der Waals surface area contributed by atoms with E-state index >= 15 is 0 Å². The maximum Gasteiger partial charge on any atom is 0.222 e. The molecular weight excluding hydrogens is 216 g/mol. The molecule has 84 valence electrons. The van der Waals surface area contributed by atoms with Gasteiger partial charge in [0.15, 0.2) is 0 Å². The number of rotatable bonds is 6.